The second-order valence-corrected chi connectivity index (χ2v) is 9.95. The van der Waals surface area contributed by atoms with Crippen molar-refractivity contribution in [2.75, 3.05) is 13.2 Å². The molecule has 0 fully saturated rings. The van der Waals surface area contributed by atoms with Gasteiger partial charge in [0.05, 0.1) is 5.57 Å². The summed E-state index contributed by atoms with van der Waals surface area (Å²) in [6, 6.07) is 15.5. The highest BCUT2D eigenvalue weighted by Gasteiger charge is 2.35. The Bertz CT molecular complexity index is 1180. The number of carbonyl (C=O) groups excluding carboxylic acids is 1. The molecule has 0 spiro atoms. The average Bonchev–Trinajstić information content (AvgIpc) is 3.23. The molecule has 0 radical (unpaired) electrons. The number of fused-ring (bicyclic) bond motifs is 1. The number of hydrogen-bond donors (Lipinski definition) is 1. The summed E-state index contributed by atoms with van der Waals surface area (Å²) in [5.41, 5.74) is 2.37. The van der Waals surface area contributed by atoms with E-state index in [1.165, 1.54) is 22.3 Å². The number of aliphatic imine (C=N–C) groups is 1. The summed E-state index contributed by atoms with van der Waals surface area (Å²) in [5, 5.41) is 15.4. The van der Waals surface area contributed by atoms with E-state index in [2.05, 4.69) is 43.0 Å². The van der Waals surface area contributed by atoms with Gasteiger partial charge in [-0.3, -0.25) is 10.2 Å². The molecule has 0 atom stereocenters. The first-order valence-electron chi connectivity index (χ1n) is 11.2. The van der Waals surface area contributed by atoms with Gasteiger partial charge in [0.15, 0.2) is 5.84 Å². The van der Waals surface area contributed by atoms with Crippen LogP contribution in [0.3, 0.4) is 0 Å². The number of ether oxygens (including phenoxy) is 2. The van der Waals surface area contributed by atoms with Crippen molar-refractivity contribution in [1.29, 1.82) is 5.41 Å². The molecule has 8 heteroatoms. The van der Waals surface area contributed by atoms with Crippen molar-refractivity contribution in [3.05, 3.63) is 65.2 Å². The van der Waals surface area contributed by atoms with Crippen LogP contribution < -0.4 is 9.47 Å². The summed E-state index contributed by atoms with van der Waals surface area (Å²) >= 11 is 1.33. The normalized spacial score (nSPS) is 16.9. The second-order valence-electron chi connectivity index (χ2n) is 8.91. The third-order valence-electron chi connectivity index (χ3n) is 5.33. The van der Waals surface area contributed by atoms with Crippen molar-refractivity contribution in [3.63, 3.8) is 0 Å². The van der Waals surface area contributed by atoms with Gasteiger partial charge in [-0.1, -0.05) is 52.0 Å². The van der Waals surface area contributed by atoms with Crippen LogP contribution in [-0.4, -0.2) is 40.2 Å². The first-order chi connectivity index (χ1) is 16.2. The van der Waals surface area contributed by atoms with Gasteiger partial charge in [-0.05, 0) is 65.1 Å². The zero-order chi connectivity index (χ0) is 24.3. The minimum Gasteiger partial charge on any atom is -0.490 e. The third-order valence-corrected chi connectivity index (χ3v) is 6.38. The Morgan fingerprint density at radius 2 is 1.59 bits per heavy atom. The molecule has 1 N–H and O–H groups in total. The first-order valence-corrected chi connectivity index (χ1v) is 12.0. The van der Waals surface area contributed by atoms with Crippen LogP contribution in [0.25, 0.3) is 6.08 Å². The number of carbonyl (C=O) groups is 1. The Hall–Kier alpha value is -3.39. The van der Waals surface area contributed by atoms with Gasteiger partial charge < -0.3 is 9.47 Å². The Balaban J connectivity index is 1.31. The minimum atomic E-state index is -0.427. The fraction of sp³-hybridized carbons (Fsp3) is 0.308. The highest BCUT2D eigenvalue weighted by Crippen LogP contribution is 2.29. The van der Waals surface area contributed by atoms with Gasteiger partial charge in [0.1, 0.15) is 29.8 Å². The van der Waals surface area contributed by atoms with Crippen molar-refractivity contribution < 1.29 is 14.3 Å². The fourth-order valence-electron chi connectivity index (χ4n) is 3.37. The predicted octanol–water partition coefficient (Wildman–Crippen LogP) is 5.47. The molecule has 0 saturated carbocycles. The highest BCUT2D eigenvalue weighted by atomic mass is 32.2. The van der Waals surface area contributed by atoms with Crippen molar-refractivity contribution in [2.45, 2.75) is 39.5 Å². The van der Waals surface area contributed by atoms with E-state index in [1.807, 2.05) is 43.3 Å². The number of amides is 1. The lowest BCUT2D eigenvalue weighted by atomic mass is 9.87. The van der Waals surface area contributed by atoms with Crippen molar-refractivity contribution >= 4 is 39.8 Å². The summed E-state index contributed by atoms with van der Waals surface area (Å²) in [4.78, 5) is 16.5. The molecular formula is C26H28N4O3S. The van der Waals surface area contributed by atoms with Crippen LogP contribution in [-0.2, 0) is 10.2 Å². The van der Waals surface area contributed by atoms with Gasteiger partial charge in [0.2, 0.25) is 5.17 Å². The maximum Gasteiger partial charge on any atom is 0.283 e. The number of nitrogens with zero attached hydrogens (tertiary/aromatic N) is 3. The molecule has 176 valence electrons. The van der Waals surface area contributed by atoms with E-state index in [-0.39, 0.29) is 16.8 Å². The van der Waals surface area contributed by atoms with Crippen LogP contribution in [0.15, 0.2) is 64.2 Å². The van der Waals surface area contributed by atoms with E-state index in [9.17, 15) is 4.79 Å². The Labute approximate surface area is 204 Å². The lowest BCUT2D eigenvalue weighted by Crippen LogP contribution is -2.35. The number of nitrogens with one attached hydrogen (secondary N) is 1. The van der Waals surface area contributed by atoms with E-state index in [1.54, 1.807) is 6.08 Å². The summed E-state index contributed by atoms with van der Waals surface area (Å²) in [6.07, 6.45) is 2.39. The molecule has 7 nitrogen and oxygen atoms in total. The summed E-state index contributed by atoms with van der Waals surface area (Å²) in [7, 11) is 0. The SMILES string of the molecule is CCC1=NN2C(=N)/C(=C/c3ccc(OCCOc4ccc(C(C)(C)C)cc4)cc3)C(=O)N=C2S1. The molecule has 2 aliphatic heterocycles. The minimum absolute atomic E-state index is 0.0407. The first kappa shape index (κ1) is 23.8. The molecule has 2 aromatic carbocycles. The standard InChI is InChI=1S/C26H28N4O3S/c1-5-22-29-30-23(27)21(24(31)28-25(30)34-22)16-17-6-10-19(11-7-17)32-14-15-33-20-12-8-18(9-13-20)26(2,3)4/h6-13,16,27H,5,14-15H2,1-4H3/b21-16-,27-23?. The molecule has 2 heterocycles. The maximum absolute atomic E-state index is 12.4. The molecule has 34 heavy (non-hydrogen) atoms. The molecule has 2 aromatic rings. The van der Waals surface area contributed by atoms with E-state index < -0.39 is 5.91 Å². The van der Waals surface area contributed by atoms with Crippen LogP contribution in [0, 0.1) is 5.41 Å². The quantitative estimate of drug-likeness (QED) is 0.423. The van der Waals surface area contributed by atoms with Crippen molar-refractivity contribution in [2.24, 2.45) is 10.1 Å². The topological polar surface area (TPSA) is 87.3 Å². The number of hydrazone groups is 1. The number of amidine groups is 2. The molecule has 0 aromatic heterocycles. The fourth-order valence-corrected chi connectivity index (χ4v) is 4.20. The van der Waals surface area contributed by atoms with Gasteiger partial charge in [0, 0.05) is 0 Å². The molecular weight excluding hydrogens is 448 g/mol. The summed E-state index contributed by atoms with van der Waals surface area (Å²) in [6.45, 7) is 9.37. The molecule has 0 bridgehead atoms. The van der Waals surface area contributed by atoms with Gasteiger partial charge >= 0.3 is 0 Å². The van der Waals surface area contributed by atoms with Crippen LogP contribution in [0.4, 0.5) is 0 Å². The van der Waals surface area contributed by atoms with E-state index >= 15 is 0 Å². The Kier molecular flexibility index (Phi) is 6.88. The van der Waals surface area contributed by atoms with Crippen LogP contribution >= 0.6 is 11.8 Å². The molecule has 0 saturated heterocycles. The lowest BCUT2D eigenvalue weighted by Gasteiger charge is -2.20. The smallest absolute Gasteiger partial charge is 0.283 e. The summed E-state index contributed by atoms with van der Waals surface area (Å²) in [5.74, 6) is 1.13. The number of rotatable bonds is 7. The number of benzene rings is 2. The molecule has 4 rings (SSSR count). The van der Waals surface area contributed by atoms with Crippen LogP contribution in [0.5, 0.6) is 11.5 Å². The molecule has 1 amide bonds. The third kappa shape index (κ3) is 5.39. The number of hydrogen-bond acceptors (Lipinski definition) is 6. The second kappa shape index (κ2) is 9.85. The van der Waals surface area contributed by atoms with Crippen LogP contribution in [0.1, 0.15) is 45.2 Å². The predicted molar refractivity (Wildman–Crippen MR) is 138 cm³/mol. The Morgan fingerprint density at radius 3 is 2.15 bits per heavy atom. The zero-order valence-corrected chi connectivity index (χ0v) is 20.6. The molecule has 2 aliphatic rings. The Morgan fingerprint density at radius 1 is 1.00 bits per heavy atom. The van der Waals surface area contributed by atoms with Gasteiger partial charge in [-0.15, -0.1) is 0 Å². The monoisotopic (exact) mass is 476 g/mol. The molecule has 0 aliphatic carbocycles. The average molecular weight is 477 g/mol. The van der Waals surface area contributed by atoms with Gasteiger partial charge in [-0.25, -0.2) is 0 Å². The molecule has 0 unspecified atom stereocenters. The van der Waals surface area contributed by atoms with Gasteiger partial charge in [0.25, 0.3) is 5.91 Å². The summed E-state index contributed by atoms with van der Waals surface area (Å²) < 4.78 is 11.5. The zero-order valence-electron chi connectivity index (χ0n) is 19.8. The van der Waals surface area contributed by atoms with Crippen molar-refractivity contribution in [3.8, 4) is 11.5 Å². The largest absolute Gasteiger partial charge is 0.490 e. The lowest BCUT2D eigenvalue weighted by molar-refractivity contribution is -0.114. The maximum atomic E-state index is 12.4. The highest BCUT2D eigenvalue weighted by molar-refractivity contribution is 8.26. The van der Waals surface area contributed by atoms with Crippen LogP contribution in [0.2, 0.25) is 0 Å². The van der Waals surface area contributed by atoms with E-state index in [0.717, 1.165) is 22.8 Å². The van der Waals surface area contributed by atoms with E-state index in [0.29, 0.717) is 24.1 Å². The number of thioether (sulfide) groups is 1. The van der Waals surface area contributed by atoms with Gasteiger partial charge in [-0.2, -0.15) is 15.1 Å². The van der Waals surface area contributed by atoms with E-state index in [4.69, 9.17) is 14.9 Å². The van der Waals surface area contributed by atoms with Crippen molar-refractivity contribution in [1.82, 2.24) is 5.01 Å².